The Morgan fingerprint density at radius 2 is 1.84 bits per heavy atom. The fourth-order valence-electron chi connectivity index (χ4n) is 2.34. The van der Waals surface area contributed by atoms with Crippen LogP contribution in [0.25, 0.3) is 0 Å². The summed E-state index contributed by atoms with van der Waals surface area (Å²) in [5.74, 6) is 0.412. The Kier molecular flexibility index (Phi) is 4.72. The molecule has 19 heavy (non-hydrogen) atoms. The minimum Gasteiger partial charge on any atom is -0.368 e. The number of aryl methyl sites for hydroxylation is 3. The van der Waals surface area contributed by atoms with E-state index in [0.717, 1.165) is 22.5 Å². The van der Waals surface area contributed by atoms with Crippen LogP contribution in [0, 0.1) is 20.8 Å². The second-order valence-corrected chi connectivity index (χ2v) is 4.49. The highest BCUT2D eigenvalue weighted by atomic mass is 35.5. The van der Waals surface area contributed by atoms with Crippen molar-refractivity contribution in [1.82, 2.24) is 9.55 Å². The fourth-order valence-corrected chi connectivity index (χ4v) is 2.34. The van der Waals surface area contributed by atoms with Gasteiger partial charge < -0.3 is 10.3 Å². The lowest BCUT2D eigenvalue weighted by atomic mass is 9.95. The molecule has 2 N–H and O–H groups in total. The molecule has 1 aromatic carbocycles. The predicted octanol–water partition coefficient (Wildman–Crippen LogP) is 2.30. The number of carbonyl (C=O) groups is 1. The molecule has 0 aliphatic carbocycles. The van der Waals surface area contributed by atoms with Crippen LogP contribution in [0.15, 0.2) is 30.6 Å². The highest BCUT2D eigenvalue weighted by molar-refractivity contribution is 5.85. The van der Waals surface area contributed by atoms with Gasteiger partial charge in [-0.1, -0.05) is 18.2 Å². The first-order valence-corrected chi connectivity index (χ1v) is 5.87. The summed E-state index contributed by atoms with van der Waals surface area (Å²) in [5.41, 5.74) is 8.67. The van der Waals surface area contributed by atoms with Gasteiger partial charge in [-0.25, -0.2) is 4.98 Å². The third-order valence-electron chi connectivity index (χ3n) is 3.23. The van der Waals surface area contributed by atoms with Gasteiger partial charge in [-0.15, -0.1) is 12.4 Å². The third-order valence-corrected chi connectivity index (χ3v) is 3.23. The standard InChI is InChI=1S/C14H17N3O.ClH/c1-9-5-4-6-10(2)12(9)13(14(15)18)17-8-7-16-11(17)3;/h4-8,13H,1-3H3,(H2,15,18);1H. The van der Waals surface area contributed by atoms with Crippen molar-refractivity contribution in [1.29, 1.82) is 0 Å². The molecular formula is C14H18ClN3O. The third kappa shape index (κ3) is 2.79. The molecule has 1 heterocycles. The summed E-state index contributed by atoms with van der Waals surface area (Å²) in [6, 6.07) is 5.47. The molecule has 1 unspecified atom stereocenters. The average Bonchev–Trinajstić information content (AvgIpc) is 2.69. The summed E-state index contributed by atoms with van der Waals surface area (Å²) in [6.45, 7) is 5.85. The van der Waals surface area contributed by atoms with E-state index in [1.54, 1.807) is 12.4 Å². The summed E-state index contributed by atoms with van der Waals surface area (Å²) in [6.07, 6.45) is 3.47. The second kappa shape index (κ2) is 5.89. The molecular weight excluding hydrogens is 262 g/mol. The maximum Gasteiger partial charge on any atom is 0.245 e. The molecule has 0 saturated heterocycles. The van der Waals surface area contributed by atoms with Crippen LogP contribution >= 0.6 is 12.4 Å². The number of carbonyl (C=O) groups excluding carboxylic acids is 1. The first kappa shape index (κ1) is 15.2. The van der Waals surface area contributed by atoms with E-state index in [1.807, 2.05) is 43.5 Å². The van der Waals surface area contributed by atoms with Gasteiger partial charge >= 0.3 is 0 Å². The van der Waals surface area contributed by atoms with Crippen LogP contribution in [0.4, 0.5) is 0 Å². The maximum absolute atomic E-state index is 11.8. The van der Waals surface area contributed by atoms with E-state index in [0.29, 0.717) is 0 Å². The van der Waals surface area contributed by atoms with E-state index in [-0.39, 0.29) is 18.3 Å². The molecule has 4 nitrogen and oxygen atoms in total. The van der Waals surface area contributed by atoms with Gasteiger partial charge in [-0.05, 0) is 37.5 Å². The van der Waals surface area contributed by atoms with E-state index in [1.165, 1.54) is 0 Å². The molecule has 2 aromatic rings. The van der Waals surface area contributed by atoms with Crippen LogP contribution in [0.1, 0.15) is 28.6 Å². The van der Waals surface area contributed by atoms with Crippen molar-refractivity contribution < 1.29 is 4.79 Å². The van der Waals surface area contributed by atoms with Gasteiger partial charge in [0, 0.05) is 12.4 Å². The Morgan fingerprint density at radius 1 is 1.26 bits per heavy atom. The zero-order valence-corrected chi connectivity index (χ0v) is 12.1. The molecule has 1 atom stereocenters. The molecule has 0 aliphatic rings. The molecule has 0 bridgehead atoms. The normalized spacial score (nSPS) is 11.7. The van der Waals surface area contributed by atoms with Crippen molar-refractivity contribution >= 4 is 18.3 Å². The van der Waals surface area contributed by atoms with Crippen molar-refractivity contribution in [3.8, 4) is 0 Å². The number of rotatable bonds is 3. The van der Waals surface area contributed by atoms with Crippen LogP contribution in [0.5, 0.6) is 0 Å². The van der Waals surface area contributed by atoms with E-state index in [2.05, 4.69) is 4.98 Å². The number of primary amides is 1. The van der Waals surface area contributed by atoms with Gasteiger partial charge in [0.2, 0.25) is 5.91 Å². The monoisotopic (exact) mass is 279 g/mol. The summed E-state index contributed by atoms with van der Waals surface area (Å²) in [4.78, 5) is 16.0. The molecule has 5 heteroatoms. The van der Waals surface area contributed by atoms with Crippen LogP contribution in [-0.4, -0.2) is 15.5 Å². The quantitative estimate of drug-likeness (QED) is 0.937. The van der Waals surface area contributed by atoms with Gasteiger partial charge in [0.1, 0.15) is 11.9 Å². The summed E-state index contributed by atoms with van der Waals surface area (Å²) < 4.78 is 1.82. The summed E-state index contributed by atoms with van der Waals surface area (Å²) >= 11 is 0. The van der Waals surface area contributed by atoms with Crippen molar-refractivity contribution in [2.75, 3.05) is 0 Å². The number of amides is 1. The largest absolute Gasteiger partial charge is 0.368 e. The van der Waals surface area contributed by atoms with Crippen LogP contribution in [-0.2, 0) is 4.79 Å². The molecule has 0 fully saturated rings. The predicted molar refractivity (Wildman–Crippen MR) is 77.5 cm³/mol. The number of hydrogen-bond donors (Lipinski definition) is 1. The van der Waals surface area contributed by atoms with Crippen molar-refractivity contribution in [2.24, 2.45) is 5.73 Å². The number of nitrogens with two attached hydrogens (primary N) is 1. The van der Waals surface area contributed by atoms with Crippen molar-refractivity contribution in [2.45, 2.75) is 26.8 Å². The molecule has 2 rings (SSSR count). The molecule has 0 aliphatic heterocycles. The zero-order chi connectivity index (χ0) is 13.3. The first-order chi connectivity index (χ1) is 8.52. The van der Waals surface area contributed by atoms with Crippen molar-refractivity contribution in [3.63, 3.8) is 0 Å². The lowest BCUT2D eigenvalue weighted by Gasteiger charge is -2.21. The van der Waals surface area contributed by atoms with E-state index < -0.39 is 6.04 Å². The summed E-state index contributed by atoms with van der Waals surface area (Å²) in [5, 5.41) is 0. The van der Waals surface area contributed by atoms with Gasteiger partial charge in [0.05, 0.1) is 0 Å². The van der Waals surface area contributed by atoms with E-state index >= 15 is 0 Å². The lowest BCUT2D eigenvalue weighted by molar-refractivity contribution is -0.120. The SMILES string of the molecule is Cc1cccc(C)c1C(C(N)=O)n1ccnc1C.Cl. The number of benzene rings is 1. The molecule has 1 aromatic heterocycles. The molecule has 0 spiro atoms. The maximum atomic E-state index is 11.8. The second-order valence-electron chi connectivity index (χ2n) is 4.49. The number of aromatic nitrogens is 2. The summed E-state index contributed by atoms with van der Waals surface area (Å²) in [7, 11) is 0. The Labute approximate surface area is 119 Å². The van der Waals surface area contributed by atoms with Gasteiger partial charge in [0.25, 0.3) is 0 Å². The number of imidazole rings is 1. The smallest absolute Gasteiger partial charge is 0.245 e. The highest BCUT2D eigenvalue weighted by Gasteiger charge is 2.24. The average molecular weight is 280 g/mol. The Balaban J connectivity index is 0.00000180. The van der Waals surface area contributed by atoms with Gasteiger partial charge in [-0.3, -0.25) is 4.79 Å². The fraction of sp³-hybridized carbons (Fsp3) is 0.286. The van der Waals surface area contributed by atoms with E-state index in [4.69, 9.17) is 5.73 Å². The first-order valence-electron chi connectivity index (χ1n) is 5.87. The van der Waals surface area contributed by atoms with Gasteiger partial charge in [0.15, 0.2) is 0 Å². The van der Waals surface area contributed by atoms with Crippen LogP contribution < -0.4 is 5.73 Å². The number of nitrogens with zero attached hydrogens (tertiary/aromatic N) is 2. The molecule has 0 saturated carbocycles. The van der Waals surface area contributed by atoms with Crippen LogP contribution in [0.3, 0.4) is 0 Å². The Hall–Kier alpha value is -1.81. The zero-order valence-electron chi connectivity index (χ0n) is 11.3. The van der Waals surface area contributed by atoms with Gasteiger partial charge in [-0.2, -0.15) is 0 Å². The topological polar surface area (TPSA) is 60.9 Å². The molecule has 0 radical (unpaired) electrons. The van der Waals surface area contributed by atoms with Crippen molar-refractivity contribution in [3.05, 3.63) is 53.1 Å². The highest BCUT2D eigenvalue weighted by Crippen LogP contribution is 2.26. The van der Waals surface area contributed by atoms with Crippen LogP contribution in [0.2, 0.25) is 0 Å². The number of hydrogen-bond acceptors (Lipinski definition) is 2. The minimum absolute atomic E-state index is 0. The lowest BCUT2D eigenvalue weighted by Crippen LogP contribution is -2.29. The Bertz CT molecular complexity index is 572. The number of halogens is 1. The molecule has 1 amide bonds. The van der Waals surface area contributed by atoms with E-state index in [9.17, 15) is 4.79 Å². The Morgan fingerprint density at radius 3 is 2.26 bits per heavy atom. The molecule has 102 valence electrons. The minimum atomic E-state index is -0.492.